The van der Waals surface area contributed by atoms with Crippen LogP contribution in [0.4, 0.5) is 0 Å². The highest BCUT2D eigenvalue weighted by atomic mass is 16.9. The Hall–Kier alpha value is -1.18. The Morgan fingerprint density at radius 2 is 1.84 bits per heavy atom. The molecule has 1 aromatic rings. The van der Waals surface area contributed by atoms with Gasteiger partial charge in [0.15, 0.2) is 6.10 Å². The molecule has 19 heavy (non-hydrogen) atoms. The Morgan fingerprint density at radius 1 is 1.21 bits per heavy atom. The molecule has 1 radical (unpaired) electrons. The zero-order valence-corrected chi connectivity index (χ0v) is 10.7. The molecule has 0 aromatic heterocycles. The SMILES string of the molecule is COC1(Oc2cc[c]cc2)O[C@H](C)[C@@H](O)[C@H](O)[C@@H]1O. The molecule has 0 aliphatic carbocycles. The zero-order chi connectivity index (χ0) is 14.0. The third-order valence-corrected chi connectivity index (χ3v) is 3.10. The van der Waals surface area contributed by atoms with Gasteiger partial charge in [-0.3, -0.25) is 0 Å². The lowest BCUT2D eigenvalue weighted by molar-refractivity contribution is -0.425. The first kappa shape index (κ1) is 14.2. The number of aliphatic hydroxyl groups excluding tert-OH is 3. The first-order valence-corrected chi connectivity index (χ1v) is 5.92. The Kier molecular flexibility index (Phi) is 4.07. The summed E-state index contributed by atoms with van der Waals surface area (Å²) in [4.78, 5) is 0. The van der Waals surface area contributed by atoms with Crippen LogP contribution in [0.15, 0.2) is 24.3 Å². The van der Waals surface area contributed by atoms with Crippen LogP contribution in [-0.4, -0.2) is 52.8 Å². The van der Waals surface area contributed by atoms with Gasteiger partial charge >= 0.3 is 5.97 Å². The summed E-state index contributed by atoms with van der Waals surface area (Å²) >= 11 is 0. The smallest absolute Gasteiger partial charge is 0.357 e. The Bertz CT molecular complexity index is 411. The molecule has 3 N–H and O–H groups in total. The molecule has 1 fully saturated rings. The summed E-state index contributed by atoms with van der Waals surface area (Å²) in [6, 6.07) is 9.30. The van der Waals surface area contributed by atoms with Crippen LogP contribution >= 0.6 is 0 Å². The average Bonchev–Trinajstić information content (AvgIpc) is 2.43. The summed E-state index contributed by atoms with van der Waals surface area (Å²) < 4.78 is 16.0. The molecule has 2 rings (SSSR count). The molecule has 1 aromatic carbocycles. The van der Waals surface area contributed by atoms with Gasteiger partial charge in [0.2, 0.25) is 0 Å². The first-order chi connectivity index (χ1) is 9.00. The first-order valence-electron chi connectivity index (χ1n) is 5.92. The maximum atomic E-state index is 10.0. The quantitative estimate of drug-likeness (QED) is 0.651. The molecule has 1 unspecified atom stereocenters. The van der Waals surface area contributed by atoms with E-state index in [1.165, 1.54) is 7.11 Å². The van der Waals surface area contributed by atoms with Crippen molar-refractivity contribution >= 4 is 0 Å². The largest absolute Gasteiger partial charge is 0.437 e. The topological polar surface area (TPSA) is 88.4 Å². The fourth-order valence-electron chi connectivity index (χ4n) is 1.97. The molecule has 6 nitrogen and oxygen atoms in total. The second-order valence-corrected chi connectivity index (χ2v) is 4.39. The van der Waals surface area contributed by atoms with Crippen LogP contribution in [0.2, 0.25) is 0 Å². The van der Waals surface area contributed by atoms with Gasteiger partial charge in [-0.1, -0.05) is 12.1 Å². The van der Waals surface area contributed by atoms with Crippen molar-refractivity contribution in [1.29, 1.82) is 0 Å². The van der Waals surface area contributed by atoms with Gasteiger partial charge in [0.25, 0.3) is 0 Å². The van der Waals surface area contributed by atoms with Crippen LogP contribution in [-0.2, 0) is 9.47 Å². The summed E-state index contributed by atoms with van der Waals surface area (Å²) in [5.74, 6) is -1.48. The van der Waals surface area contributed by atoms with Gasteiger partial charge in [0, 0.05) is 7.11 Å². The van der Waals surface area contributed by atoms with Crippen LogP contribution in [0.25, 0.3) is 0 Å². The molecule has 0 saturated carbocycles. The number of benzene rings is 1. The van der Waals surface area contributed by atoms with E-state index in [0.29, 0.717) is 5.75 Å². The van der Waals surface area contributed by atoms with Crippen LogP contribution in [0.3, 0.4) is 0 Å². The molecule has 6 heteroatoms. The van der Waals surface area contributed by atoms with Crippen LogP contribution < -0.4 is 4.74 Å². The number of hydrogen-bond acceptors (Lipinski definition) is 6. The monoisotopic (exact) mass is 269 g/mol. The summed E-state index contributed by atoms with van der Waals surface area (Å²) in [6.07, 6.45) is -4.95. The molecular formula is C13H17O6. The number of rotatable bonds is 3. The van der Waals surface area contributed by atoms with Crippen molar-refractivity contribution in [2.24, 2.45) is 0 Å². The third-order valence-electron chi connectivity index (χ3n) is 3.10. The number of aliphatic hydroxyl groups is 3. The summed E-state index contributed by atoms with van der Waals surface area (Å²) in [6.45, 7) is 1.55. The molecule has 1 aliphatic heterocycles. The second kappa shape index (κ2) is 5.44. The molecule has 0 bridgehead atoms. The maximum Gasteiger partial charge on any atom is 0.357 e. The lowest BCUT2D eigenvalue weighted by Gasteiger charge is -2.45. The third kappa shape index (κ3) is 2.58. The fourth-order valence-corrected chi connectivity index (χ4v) is 1.97. The normalized spacial score (nSPS) is 39.0. The van der Waals surface area contributed by atoms with Crippen molar-refractivity contribution in [1.82, 2.24) is 0 Å². The Labute approximate surface area is 111 Å². The van der Waals surface area contributed by atoms with Crippen molar-refractivity contribution in [3.63, 3.8) is 0 Å². The molecular weight excluding hydrogens is 252 g/mol. The molecule has 5 atom stereocenters. The summed E-state index contributed by atoms with van der Waals surface area (Å²) in [5.41, 5.74) is 0. The van der Waals surface area contributed by atoms with E-state index in [1.807, 2.05) is 0 Å². The Balaban J connectivity index is 2.26. The number of methoxy groups -OCH3 is 1. The summed E-state index contributed by atoms with van der Waals surface area (Å²) in [7, 11) is 1.29. The van der Waals surface area contributed by atoms with Gasteiger partial charge in [-0.25, -0.2) is 0 Å². The van der Waals surface area contributed by atoms with Crippen LogP contribution in [0.1, 0.15) is 6.92 Å². The zero-order valence-electron chi connectivity index (χ0n) is 10.7. The van der Waals surface area contributed by atoms with E-state index < -0.39 is 30.4 Å². The highest BCUT2D eigenvalue weighted by molar-refractivity contribution is 5.21. The standard InChI is InChI=1S/C13H17O6/c1-8-10(14)11(15)12(16)13(17-2,18-8)19-9-6-4-3-5-7-9/h4-8,10-12,14-16H,1-2H3/t8-,10-,11+,12+,13?/m1/s1. The predicted molar refractivity (Wildman–Crippen MR) is 64.2 cm³/mol. The van der Waals surface area contributed by atoms with Crippen molar-refractivity contribution in [2.45, 2.75) is 37.3 Å². The van der Waals surface area contributed by atoms with Crippen molar-refractivity contribution < 1.29 is 29.5 Å². The fraction of sp³-hybridized carbons (Fsp3) is 0.538. The van der Waals surface area contributed by atoms with Crippen molar-refractivity contribution in [2.75, 3.05) is 7.11 Å². The van der Waals surface area contributed by atoms with Gasteiger partial charge < -0.3 is 29.5 Å². The van der Waals surface area contributed by atoms with E-state index in [-0.39, 0.29) is 0 Å². The maximum absolute atomic E-state index is 10.0. The number of ether oxygens (including phenoxy) is 3. The van der Waals surface area contributed by atoms with Crippen molar-refractivity contribution in [3.05, 3.63) is 30.3 Å². The highest BCUT2D eigenvalue weighted by Crippen LogP contribution is 2.33. The van der Waals surface area contributed by atoms with E-state index in [1.54, 1.807) is 31.2 Å². The van der Waals surface area contributed by atoms with Crippen molar-refractivity contribution in [3.8, 4) is 5.75 Å². The van der Waals surface area contributed by atoms with E-state index in [0.717, 1.165) is 0 Å². The summed E-state index contributed by atoms with van der Waals surface area (Å²) in [5, 5.41) is 29.5. The molecule has 105 valence electrons. The minimum atomic E-state index is -1.86. The lowest BCUT2D eigenvalue weighted by atomic mass is 9.98. The average molecular weight is 269 g/mol. The van der Waals surface area contributed by atoms with Gasteiger partial charge in [0.1, 0.15) is 18.0 Å². The molecule has 0 amide bonds. The van der Waals surface area contributed by atoms with E-state index in [2.05, 4.69) is 6.07 Å². The lowest BCUT2D eigenvalue weighted by Crippen LogP contribution is -2.67. The van der Waals surface area contributed by atoms with E-state index in [9.17, 15) is 15.3 Å². The molecule has 1 saturated heterocycles. The number of hydrogen-bond donors (Lipinski definition) is 3. The Morgan fingerprint density at radius 3 is 2.42 bits per heavy atom. The van der Waals surface area contributed by atoms with Crippen LogP contribution in [0.5, 0.6) is 5.75 Å². The van der Waals surface area contributed by atoms with Crippen LogP contribution in [0, 0.1) is 6.07 Å². The van der Waals surface area contributed by atoms with Gasteiger partial charge in [-0.05, 0) is 25.1 Å². The predicted octanol–water partition coefficient (Wildman–Crippen LogP) is -0.333. The molecule has 1 aliphatic rings. The van der Waals surface area contributed by atoms with E-state index >= 15 is 0 Å². The second-order valence-electron chi connectivity index (χ2n) is 4.39. The minimum Gasteiger partial charge on any atom is -0.437 e. The molecule has 0 spiro atoms. The van der Waals surface area contributed by atoms with Gasteiger partial charge in [0.05, 0.1) is 6.10 Å². The minimum absolute atomic E-state index is 0.385. The molecule has 1 heterocycles. The van der Waals surface area contributed by atoms with E-state index in [4.69, 9.17) is 14.2 Å². The van der Waals surface area contributed by atoms with Gasteiger partial charge in [-0.15, -0.1) is 0 Å². The highest BCUT2D eigenvalue weighted by Gasteiger charge is 2.55. The van der Waals surface area contributed by atoms with Gasteiger partial charge in [-0.2, -0.15) is 0 Å².